The highest BCUT2D eigenvalue weighted by atomic mass is 16.2. The van der Waals surface area contributed by atoms with Gasteiger partial charge in [0, 0.05) is 25.5 Å². The average Bonchev–Trinajstić information content (AvgIpc) is 2.86. The predicted molar refractivity (Wildman–Crippen MR) is 84.4 cm³/mol. The van der Waals surface area contributed by atoms with E-state index in [2.05, 4.69) is 25.9 Å². The number of carbonyl (C=O) groups is 1. The molecule has 0 saturated heterocycles. The summed E-state index contributed by atoms with van der Waals surface area (Å²) in [4.78, 5) is 14.1. The first kappa shape index (κ1) is 15.1. The Balaban J connectivity index is 2.16. The summed E-state index contributed by atoms with van der Waals surface area (Å²) < 4.78 is 1.68. The number of hydrogen-bond donors (Lipinski definition) is 1. The minimum Gasteiger partial charge on any atom is -0.399 e. The van der Waals surface area contributed by atoms with Crippen LogP contribution in [0.25, 0.3) is 5.69 Å². The monoisotopic (exact) mass is 286 g/mol. The van der Waals surface area contributed by atoms with Crippen LogP contribution in [0.15, 0.2) is 36.5 Å². The maximum atomic E-state index is 12.4. The van der Waals surface area contributed by atoms with Gasteiger partial charge in [-0.05, 0) is 35.7 Å². The molecule has 5 heteroatoms. The first-order valence-corrected chi connectivity index (χ1v) is 6.93. The highest BCUT2D eigenvalue weighted by Gasteiger charge is 2.20. The zero-order chi connectivity index (χ0) is 15.6. The Morgan fingerprint density at radius 2 is 1.86 bits per heavy atom. The minimum absolute atomic E-state index is 0.0595. The van der Waals surface area contributed by atoms with Crippen molar-refractivity contribution in [3.63, 3.8) is 0 Å². The Labute approximate surface area is 125 Å². The Morgan fingerprint density at radius 1 is 1.24 bits per heavy atom. The molecule has 0 atom stereocenters. The molecule has 0 radical (unpaired) electrons. The number of nitrogens with two attached hydrogens (primary N) is 1. The Bertz CT molecular complexity index is 622. The molecule has 112 valence electrons. The molecular weight excluding hydrogens is 264 g/mol. The Morgan fingerprint density at radius 3 is 2.43 bits per heavy atom. The van der Waals surface area contributed by atoms with Crippen LogP contribution >= 0.6 is 0 Å². The molecule has 0 aliphatic carbocycles. The molecule has 5 nitrogen and oxygen atoms in total. The van der Waals surface area contributed by atoms with Gasteiger partial charge in [-0.3, -0.25) is 4.79 Å². The fourth-order valence-electron chi connectivity index (χ4n) is 2.19. The maximum absolute atomic E-state index is 12.4. The zero-order valence-electron chi connectivity index (χ0n) is 13.0. The summed E-state index contributed by atoms with van der Waals surface area (Å²) >= 11 is 0. The smallest absolute Gasteiger partial charge is 0.274 e. The van der Waals surface area contributed by atoms with Crippen molar-refractivity contribution in [2.24, 2.45) is 5.41 Å². The van der Waals surface area contributed by atoms with Gasteiger partial charge in [0.15, 0.2) is 5.69 Å². The minimum atomic E-state index is -0.0703. The van der Waals surface area contributed by atoms with Crippen molar-refractivity contribution in [2.75, 3.05) is 19.3 Å². The number of nitrogens with zero attached hydrogens (tertiary/aromatic N) is 3. The molecule has 21 heavy (non-hydrogen) atoms. The molecule has 0 spiro atoms. The fourth-order valence-corrected chi connectivity index (χ4v) is 2.19. The quantitative estimate of drug-likeness (QED) is 0.882. The number of nitrogen functional groups attached to an aromatic ring is 1. The number of hydrogen-bond acceptors (Lipinski definition) is 3. The van der Waals surface area contributed by atoms with Gasteiger partial charge in [0.2, 0.25) is 0 Å². The van der Waals surface area contributed by atoms with Gasteiger partial charge in [0.05, 0.1) is 5.69 Å². The average molecular weight is 286 g/mol. The van der Waals surface area contributed by atoms with Gasteiger partial charge >= 0.3 is 0 Å². The highest BCUT2D eigenvalue weighted by Crippen LogP contribution is 2.16. The van der Waals surface area contributed by atoms with Crippen molar-refractivity contribution < 1.29 is 4.79 Å². The molecule has 0 fully saturated rings. The van der Waals surface area contributed by atoms with Crippen LogP contribution in [0.1, 0.15) is 31.3 Å². The number of carbonyl (C=O) groups excluding carboxylic acids is 1. The van der Waals surface area contributed by atoms with Gasteiger partial charge < -0.3 is 10.6 Å². The second kappa shape index (κ2) is 5.60. The molecule has 0 aliphatic heterocycles. The molecule has 1 aromatic heterocycles. The van der Waals surface area contributed by atoms with Gasteiger partial charge in [-0.2, -0.15) is 5.10 Å². The second-order valence-electron chi connectivity index (χ2n) is 6.46. The van der Waals surface area contributed by atoms with E-state index >= 15 is 0 Å². The van der Waals surface area contributed by atoms with Gasteiger partial charge in [-0.15, -0.1) is 0 Å². The lowest BCUT2D eigenvalue weighted by atomic mass is 9.96. The predicted octanol–water partition coefficient (Wildman–Crippen LogP) is 2.57. The van der Waals surface area contributed by atoms with Crippen LogP contribution in [-0.4, -0.2) is 34.2 Å². The number of rotatable bonds is 3. The molecule has 1 amide bonds. The van der Waals surface area contributed by atoms with Crippen LogP contribution in [0.5, 0.6) is 0 Å². The molecule has 1 heterocycles. The van der Waals surface area contributed by atoms with Crippen LogP contribution in [-0.2, 0) is 0 Å². The van der Waals surface area contributed by atoms with Crippen molar-refractivity contribution in [3.05, 3.63) is 42.2 Å². The topological polar surface area (TPSA) is 64.2 Å². The molecule has 0 aliphatic rings. The van der Waals surface area contributed by atoms with Crippen molar-refractivity contribution in [1.29, 1.82) is 0 Å². The Kier molecular flexibility index (Phi) is 4.02. The largest absolute Gasteiger partial charge is 0.399 e. The highest BCUT2D eigenvalue weighted by molar-refractivity contribution is 5.92. The van der Waals surface area contributed by atoms with E-state index in [0.29, 0.717) is 17.9 Å². The van der Waals surface area contributed by atoms with Crippen molar-refractivity contribution in [2.45, 2.75) is 20.8 Å². The van der Waals surface area contributed by atoms with Crippen LogP contribution < -0.4 is 5.73 Å². The van der Waals surface area contributed by atoms with Crippen LogP contribution in [0, 0.1) is 5.41 Å². The molecule has 0 saturated carbocycles. The van der Waals surface area contributed by atoms with E-state index < -0.39 is 0 Å². The Hall–Kier alpha value is -2.30. The molecule has 2 aromatic rings. The summed E-state index contributed by atoms with van der Waals surface area (Å²) in [6, 6.07) is 9.09. The zero-order valence-corrected chi connectivity index (χ0v) is 13.0. The van der Waals surface area contributed by atoms with Gasteiger partial charge in [-0.1, -0.05) is 20.8 Å². The SMILES string of the molecule is CN(CC(C)(C)C)C(=O)c1ccn(-c2ccc(N)cc2)n1. The summed E-state index contributed by atoms with van der Waals surface area (Å²) in [5.74, 6) is -0.0703. The molecule has 1 aromatic carbocycles. The summed E-state index contributed by atoms with van der Waals surface area (Å²) in [7, 11) is 1.80. The maximum Gasteiger partial charge on any atom is 0.274 e. The van der Waals surface area contributed by atoms with Crippen molar-refractivity contribution in [1.82, 2.24) is 14.7 Å². The molecule has 2 rings (SSSR count). The first-order valence-electron chi connectivity index (χ1n) is 6.93. The van der Waals surface area contributed by atoms with Gasteiger partial charge in [-0.25, -0.2) is 4.68 Å². The van der Waals surface area contributed by atoms with E-state index in [9.17, 15) is 4.79 Å². The molecule has 0 bridgehead atoms. The van der Waals surface area contributed by atoms with E-state index in [-0.39, 0.29) is 11.3 Å². The third kappa shape index (κ3) is 3.84. The van der Waals surface area contributed by atoms with E-state index in [1.165, 1.54) is 0 Å². The number of benzene rings is 1. The summed E-state index contributed by atoms with van der Waals surface area (Å²) in [6.45, 7) is 6.98. The number of anilines is 1. The van der Waals surface area contributed by atoms with E-state index in [4.69, 9.17) is 5.73 Å². The summed E-state index contributed by atoms with van der Waals surface area (Å²) in [6.07, 6.45) is 1.78. The van der Waals surface area contributed by atoms with Crippen molar-refractivity contribution >= 4 is 11.6 Å². The second-order valence-corrected chi connectivity index (χ2v) is 6.46. The summed E-state index contributed by atoms with van der Waals surface area (Å²) in [5.41, 5.74) is 7.75. The molecular formula is C16H22N4O. The van der Waals surface area contributed by atoms with Crippen LogP contribution in [0.4, 0.5) is 5.69 Å². The standard InChI is InChI=1S/C16H22N4O/c1-16(2,3)11-19(4)15(21)14-9-10-20(18-14)13-7-5-12(17)6-8-13/h5-10H,11,17H2,1-4H3. The number of amides is 1. The van der Waals surface area contributed by atoms with E-state index in [1.54, 1.807) is 28.9 Å². The van der Waals surface area contributed by atoms with E-state index in [1.807, 2.05) is 24.3 Å². The van der Waals surface area contributed by atoms with E-state index in [0.717, 1.165) is 5.69 Å². The van der Waals surface area contributed by atoms with Crippen LogP contribution in [0.2, 0.25) is 0 Å². The summed E-state index contributed by atoms with van der Waals surface area (Å²) in [5, 5.41) is 4.35. The van der Waals surface area contributed by atoms with Crippen molar-refractivity contribution in [3.8, 4) is 5.69 Å². The fraction of sp³-hybridized carbons (Fsp3) is 0.375. The normalized spacial score (nSPS) is 11.4. The first-order chi connectivity index (χ1) is 9.76. The number of aromatic nitrogens is 2. The van der Waals surface area contributed by atoms with Gasteiger partial charge in [0.25, 0.3) is 5.91 Å². The third-order valence-electron chi connectivity index (χ3n) is 3.02. The van der Waals surface area contributed by atoms with Gasteiger partial charge in [0.1, 0.15) is 0 Å². The molecule has 0 unspecified atom stereocenters. The lowest BCUT2D eigenvalue weighted by molar-refractivity contribution is 0.0739. The lowest BCUT2D eigenvalue weighted by Gasteiger charge is -2.25. The lowest BCUT2D eigenvalue weighted by Crippen LogP contribution is -2.34. The third-order valence-corrected chi connectivity index (χ3v) is 3.02. The van der Waals surface area contributed by atoms with Crippen LogP contribution in [0.3, 0.4) is 0 Å². The molecule has 2 N–H and O–H groups in total.